The second-order valence-electron chi connectivity index (χ2n) is 5.54. The van der Waals surface area contributed by atoms with Crippen molar-refractivity contribution in [1.82, 2.24) is 4.90 Å². The molecule has 1 aromatic carbocycles. The molecule has 0 bridgehead atoms. The van der Waals surface area contributed by atoms with Crippen LogP contribution in [0.1, 0.15) is 24.8 Å². The number of piperazine rings is 1. The monoisotopic (exact) mass is 342 g/mol. The van der Waals surface area contributed by atoms with Gasteiger partial charge in [0, 0.05) is 41.7 Å². The molecular formula is C15H20BrClN2. The van der Waals surface area contributed by atoms with Crippen molar-refractivity contribution >= 4 is 33.2 Å². The van der Waals surface area contributed by atoms with Crippen LogP contribution in [0.25, 0.3) is 0 Å². The zero-order valence-electron chi connectivity index (χ0n) is 11.1. The van der Waals surface area contributed by atoms with E-state index in [0.717, 1.165) is 22.9 Å². The summed E-state index contributed by atoms with van der Waals surface area (Å²) in [4.78, 5) is 5.21. The number of piperidine rings is 1. The highest BCUT2D eigenvalue weighted by molar-refractivity contribution is 9.08. The molecule has 1 aromatic rings. The zero-order valence-corrected chi connectivity index (χ0v) is 13.5. The van der Waals surface area contributed by atoms with Gasteiger partial charge in [0.15, 0.2) is 0 Å². The first-order valence-corrected chi connectivity index (χ1v) is 8.61. The van der Waals surface area contributed by atoms with E-state index < -0.39 is 0 Å². The number of alkyl halides is 1. The van der Waals surface area contributed by atoms with E-state index in [0.29, 0.717) is 0 Å². The predicted molar refractivity (Wildman–Crippen MR) is 85.5 cm³/mol. The Morgan fingerprint density at radius 1 is 1.21 bits per heavy atom. The fraction of sp³-hybridized carbons (Fsp3) is 0.600. The van der Waals surface area contributed by atoms with Gasteiger partial charge in [0.1, 0.15) is 0 Å². The first-order chi connectivity index (χ1) is 9.28. The minimum Gasteiger partial charge on any atom is -0.368 e. The van der Waals surface area contributed by atoms with Crippen molar-refractivity contribution in [1.29, 1.82) is 0 Å². The molecule has 2 aliphatic rings. The third-order valence-electron chi connectivity index (χ3n) is 4.36. The third-order valence-corrected chi connectivity index (χ3v) is 5.20. The Morgan fingerprint density at radius 2 is 2.11 bits per heavy atom. The number of anilines is 1. The summed E-state index contributed by atoms with van der Waals surface area (Å²) in [6, 6.07) is 7.02. The molecule has 2 saturated heterocycles. The van der Waals surface area contributed by atoms with Crippen molar-refractivity contribution in [2.75, 3.05) is 31.1 Å². The Labute approximate surface area is 128 Å². The van der Waals surface area contributed by atoms with Crippen molar-refractivity contribution in [3.05, 3.63) is 28.8 Å². The van der Waals surface area contributed by atoms with Gasteiger partial charge < -0.3 is 4.90 Å². The topological polar surface area (TPSA) is 6.48 Å². The van der Waals surface area contributed by atoms with Gasteiger partial charge in [0.05, 0.1) is 0 Å². The van der Waals surface area contributed by atoms with Crippen LogP contribution in [0.15, 0.2) is 18.2 Å². The molecule has 2 aliphatic heterocycles. The second-order valence-corrected chi connectivity index (χ2v) is 6.54. The molecule has 1 unspecified atom stereocenters. The quantitative estimate of drug-likeness (QED) is 0.751. The highest BCUT2D eigenvalue weighted by atomic mass is 79.9. The summed E-state index contributed by atoms with van der Waals surface area (Å²) in [6.45, 7) is 4.80. The number of halogens is 2. The fourth-order valence-electron chi connectivity index (χ4n) is 3.34. The predicted octanol–water partition coefficient (Wildman–Crippen LogP) is 3.91. The Bertz CT molecular complexity index is 452. The molecule has 19 heavy (non-hydrogen) atoms. The van der Waals surface area contributed by atoms with Gasteiger partial charge in [-0.2, -0.15) is 0 Å². The maximum absolute atomic E-state index is 6.10. The average molecular weight is 344 g/mol. The lowest BCUT2D eigenvalue weighted by Crippen LogP contribution is -2.55. The van der Waals surface area contributed by atoms with E-state index in [2.05, 4.69) is 37.9 Å². The lowest BCUT2D eigenvalue weighted by Gasteiger charge is -2.45. The molecule has 2 heterocycles. The van der Waals surface area contributed by atoms with Gasteiger partial charge >= 0.3 is 0 Å². The summed E-state index contributed by atoms with van der Waals surface area (Å²) in [7, 11) is 0. The lowest BCUT2D eigenvalue weighted by molar-refractivity contribution is 0.133. The van der Waals surface area contributed by atoms with Crippen LogP contribution >= 0.6 is 27.5 Å². The molecule has 0 saturated carbocycles. The van der Waals surface area contributed by atoms with E-state index >= 15 is 0 Å². The van der Waals surface area contributed by atoms with Gasteiger partial charge in [-0.15, -0.1) is 0 Å². The summed E-state index contributed by atoms with van der Waals surface area (Å²) in [5.74, 6) is 0. The van der Waals surface area contributed by atoms with Gasteiger partial charge in [-0.1, -0.05) is 34.0 Å². The van der Waals surface area contributed by atoms with Crippen molar-refractivity contribution in [3.63, 3.8) is 0 Å². The molecule has 0 spiro atoms. The molecule has 0 N–H and O–H groups in total. The summed E-state index contributed by atoms with van der Waals surface area (Å²) in [5.41, 5.74) is 2.66. The van der Waals surface area contributed by atoms with Crippen LogP contribution in [0.3, 0.4) is 0 Å². The highest BCUT2D eigenvalue weighted by Gasteiger charge is 2.29. The molecule has 1 atom stereocenters. The summed E-state index contributed by atoms with van der Waals surface area (Å²) in [6.07, 6.45) is 4.12. The number of rotatable bonds is 2. The van der Waals surface area contributed by atoms with Crippen molar-refractivity contribution in [2.24, 2.45) is 0 Å². The van der Waals surface area contributed by atoms with Crippen LogP contribution in [0.4, 0.5) is 5.69 Å². The zero-order chi connectivity index (χ0) is 13.2. The molecular weight excluding hydrogens is 324 g/mol. The van der Waals surface area contributed by atoms with Gasteiger partial charge in [-0.3, -0.25) is 4.90 Å². The fourth-order valence-corrected chi connectivity index (χ4v) is 3.99. The van der Waals surface area contributed by atoms with Crippen molar-refractivity contribution in [2.45, 2.75) is 30.6 Å². The number of benzene rings is 1. The third kappa shape index (κ3) is 2.93. The summed E-state index contributed by atoms with van der Waals surface area (Å²) in [5, 5.41) is 1.70. The van der Waals surface area contributed by atoms with Crippen molar-refractivity contribution < 1.29 is 0 Å². The van der Waals surface area contributed by atoms with Crippen LogP contribution in [0.2, 0.25) is 5.02 Å². The Kier molecular flexibility index (Phi) is 4.35. The molecule has 2 nitrogen and oxygen atoms in total. The second kappa shape index (κ2) is 6.02. The van der Waals surface area contributed by atoms with Gasteiger partial charge in [0.25, 0.3) is 0 Å². The molecule has 3 rings (SSSR count). The van der Waals surface area contributed by atoms with E-state index in [-0.39, 0.29) is 0 Å². The number of fused-ring (bicyclic) bond motifs is 1. The molecule has 4 heteroatoms. The number of hydrogen-bond donors (Lipinski definition) is 0. The Balaban J connectivity index is 1.79. The molecule has 0 aliphatic carbocycles. The number of nitrogens with zero attached hydrogens (tertiary/aromatic N) is 2. The SMILES string of the molecule is Clc1ccc(N2CCN3CCCCC3C2)c(CBr)c1. The largest absolute Gasteiger partial charge is 0.368 e. The average Bonchev–Trinajstić information content (AvgIpc) is 2.46. The first kappa shape index (κ1) is 13.7. The molecule has 104 valence electrons. The molecule has 0 amide bonds. The maximum Gasteiger partial charge on any atom is 0.0410 e. The maximum atomic E-state index is 6.10. The van der Waals surface area contributed by atoms with Gasteiger partial charge in [0.2, 0.25) is 0 Å². The van der Waals surface area contributed by atoms with E-state index in [1.807, 2.05) is 6.07 Å². The van der Waals surface area contributed by atoms with E-state index in [9.17, 15) is 0 Å². The van der Waals surface area contributed by atoms with E-state index in [1.165, 1.54) is 50.1 Å². The lowest BCUT2D eigenvalue weighted by atomic mass is 9.99. The molecule has 0 radical (unpaired) electrons. The standard InChI is InChI=1S/C15H20BrClN2/c16-10-12-9-13(17)4-5-15(12)19-8-7-18-6-2-1-3-14(18)11-19/h4-5,9,14H,1-3,6-8,10-11H2. The molecule has 2 fully saturated rings. The van der Waals surface area contributed by atoms with Crippen LogP contribution in [0.5, 0.6) is 0 Å². The summed E-state index contributed by atoms with van der Waals surface area (Å²) >= 11 is 9.68. The van der Waals surface area contributed by atoms with Crippen LogP contribution in [-0.2, 0) is 5.33 Å². The Hall–Kier alpha value is -0.250. The van der Waals surface area contributed by atoms with E-state index in [4.69, 9.17) is 11.6 Å². The number of hydrogen-bond acceptors (Lipinski definition) is 2. The first-order valence-electron chi connectivity index (χ1n) is 7.11. The van der Waals surface area contributed by atoms with Crippen LogP contribution in [-0.4, -0.2) is 37.1 Å². The summed E-state index contributed by atoms with van der Waals surface area (Å²) < 4.78 is 0. The Morgan fingerprint density at radius 3 is 2.95 bits per heavy atom. The minimum absolute atomic E-state index is 0.751. The van der Waals surface area contributed by atoms with Gasteiger partial charge in [-0.05, 0) is 43.1 Å². The minimum atomic E-state index is 0.751. The highest BCUT2D eigenvalue weighted by Crippen LogP contribution is 2.30. The van der Waals surface area contributed by atoms with Gasteiger partial charge in [-0.25, -0.2) is 0 Å². The van der Waals surface area contributed by atoms with Crippen molar-refractivity contribution in [3.8, 4) is 0 Å². The van der Waals surface area contributed by atoms with Crippen LogP contribution < -0.4 is 4.90 Å². The van der Waals surface area contributed by atoms with E-state index in [1.54, 1.807) is 0 Å². The normalized spacial score (nSPS) is 24.3. The molecule has 0 aromatic heterocycles. The van der Waals surface area contributed by atoms with Crippen LogP contribution in [0, 0.1) is 0 Å². The smallest absolute Gasteiger partial charge is 0.0410 e.